The Morgan fingerprint density at radius 1 is 1.35 bits per heavy atom. The molecule has 4 heteroatoms. The van der Waals surface area contributed by atoms with Crippen molar-refractivity contribution in [2.75, 3.05) is 0 Å². The zero-order valence-corrected chi connectivity index (χ0v) is 11.4. The molecule has 92 valence electrons. The van der Waals surface area contributed by atoms with Crippen LogP contribution < -0.4 is 0 Å². The lowest BCUT2D eigenvalue weighted by Crippen LogP contribution is -2.16. The minimum absolute atomic E-state index is 0.171. The Bertz CT molecular complexity index is 453. The van der Waals surface area contributed by atoms with Gasteiger partial charge in [-0.05, 0) is 56.2 Å². The molecule has 0 aliphatic carbocycles. The second kappa shape index (κ2) is 5.08. The van der Waals surface area contributed by atoms with Crippen LogP contribution in [0.1, 0.15) is 26.3 Å². The van der Waals surface area contributed by atoms with Crippen LogP contribution in [0.5, 0.6) is 0 Å². The summed E-state index contributed by atoms with van der Waals surface area (Å²) in [6.07, 6.45) is 1.20. The molecule has 0 fully saturated rings. The third-order valence-electron chi connectivity index (χ3n) is 2.16. The average molecular weight is 303 g/mol. The van der Waals surface area contributed by atoms with Crippen molar-refractivity contribution < 1.29 is 13.6 Å². The molecule has 0 unspecified atom stereocenters. The highest BCUT2D eigenvalue weighted by Gasteiger charge is 2.24. The minimum atomic E-state index is -1.71. The highest BCUT2D eigenvalue weighted by Crippen LogP contribution is 2.32. The monoisotopic (exact) mass is 302 g/mol. The second-order valence-corrected chi connectivity index (χ2v) is 5.21. The van der Waals surface area contributed by atoms with Gasteiger partial charge in [0.2, 0.25) is 0 Å². The van der Waals surface area contributed by atoms with Gasteiger partial charge in [-0.2, -0.15) is 0 Å². The van der Waals surface area contributed by atoms with Crippen LogP contribution in [0.4, 0.5) is 8.78 Å². The van der Waals surface area contributed by atoms with E-state index in [-0.39, 0.29) is 11.4 Å². The van der Waals surface area contributed by atoms with E-state index in [1.165, 1.54) is 39.0 Å². The normalized spacial score (nSPS) is 12.7. The molecule has 1 rings (SSSR count). The summed E-state index contributed by atoms with van der Waals surface area (Å²) < 4.78 is 27.8. The van der Waals surface area contributed by atoms with Crippen molar-refractivity contribution in [2.45, 2.75) is 26.4 Å². The van der Waals surface area contributed by atoms with Crippen molar-refractivity contribution in [2.24, 2.45) is 0 Å². The standard InChI is InChI=1S/C13H13BrF2O/c1-8(17)4-12(13(2,3)16)9-5-10(14)7-11(15)6-9/h4-7H,1-3H3/b12-4+. The Morgan fingerprint density at radius 2 is 1.94 bits per heavy atom. The molecule has 1 aromatic rings. The first kappa shape index (κ1) is 14.0. The van der Waals surface area contributed by atoms with Crippen molar-refractivity contribution in [3.8, 4) is 0 Å². The van der Waals surface area contributed by atoms with Crippen LogP contribution in [0, 0.1) is 5.82 Å². The zero-order valence-electron chi connectivity index (χ0n) is 9.85. The minimum Gasteiger partial charge on any atom is -0.295 e. The summed E-state index contributed by atoms with van der Waals surface area (Å²) in [5, 5.41) is 0. The molecule has 0 N–H and O–H groups in total. The third kappa shape index (κ3) is 4.04. The van der Waals surface area contributed by atoms with Gasteiger partial charge in [0.1, 0.15) is 11.5 Å². The number of ketones is 1. The summed E-state index contributed by atoms with van der Waals surface area (Å²) in [5.74, 6) is -0.751. The first-order chi connectivity index (χ1) is 7.70. The van der Waals surface area contributed by atoms with E-state index in [1.807, 2.05) is 0 Å². The number of carbonyl (C=O) groups excluding carboxylic acids is 1. The van der Waals surface area contributed by atoms with Crippen LogP contribution in [0.3, 0.4) is 0 Å². The molecule has 0 radical (unpaired) electrons. The van der Waals surface area contributed by atoms with Crippen molar-refractivity contribution in [3.63, 3.8) is 0 Å². The highest BCUT2D eigenvalue weighted by atomic mass is 79.9. The first-order valence-electron chi connectivity index (χ1n) is 5.08. The molecule has 0 bridgehead atoms. The maximum atomic E-state index is 14.0. The fraction of sp³-hybridized carbons (Fsp3) is 0.308. The summed E-state index contributed by atoms with van der Waals surface area (Å²) in [7, 11) is 0. The molecule has 0 atom stereocenters. The molecule has 0 aromatic heterocycles. The van der Waals surface area contributed by atoms with Crippen LogP contribution in [0.2, 0.25) is 0 Å². The van der Waals surface area contributed by atoms with Gasteiger partial charge in [-0.1, -0.05) is 15.9 Å². The van der Waals surface area contributed by atoms with Crippen LogP contribution in [-0.4, -0.2) is 11.5 Å². The summed E-state index contributed by atoms with van der Waals surface area (Å²) in [4.78, 5) is 11.1. The van der Waals surface area contributed by atoms with Crippen LogP contribution in [0.15, 0.2) is 28.7 Å². The fourth-order valence-electron chi connectivity index (χ4n) is 1.51. The van der Waals surface area contributed by atoms with Crippen molar-refractivity contribution in [1.29, 1.82) is 0 Å². The Kier molecular flexibility index (Phi) is 4.20. The van der Waals surface area contributed by atoms with Gasteiger partial charge in [-0.3, -0.25) is 4.79 Å². The first-order valence-corrected chi connectivity index (χ1v) is 5.87. The SMILES string of the molecule is CC(=O)/C=C(\c1cc(F)cc(Br)c1)C(C)(C)F. The molecule has 17 heavy (non-hydrogen) atoms. The van der Waals surface area contributed by atoms with E-state index in [2.05, 4.69) is 15.9 Å². The van der Waals surface area contributed by atoms with Gasteiger partial charge >= 0.3 is 0 Å². The van der Waals surface area contributed by atoms with Crippen molar-refractivity contribution >= 4 is 27.3 Å². The van der Waals surface area contributed by atoms with E-state index in [0.29, 0.717) is 10.0 Å². The Hall–Kier alpha value is -1.03. The second-order valence-electron chi connectivity index (χ2n) is 4.30. The Morgan fingerprint density at radius 3 is 2.35 bits per heavy atom. The molecule has 0 aliphatic heterocycles. The summed E-state index contributed by atoms with van der Waals surface area (Å²) >= 11 is 3.14. The number of hydrogen-bond acceptors (Lipinski definition) is 1. The predicted octanol–water partition coefficient (Wildman–Crippen LogP) is 4.31. The van der Waals surface area contributed by atoms with Gasteiger partial charge in [0.15, 0.2) is 5.78 Å². The van der Waals surface area contributed by atoms with Gasteiger partial charge in [-0.15, -0.1) is 0 Å². The van der Waals surface area contributed by atoms with Gasteiger partial charge in [0.05, 0.1) is 0 Å². The van der Waals surface area contributed by atoms with Crippen LogP contribution >= 0.6 is 15.9 Å². The predicted molar refractivity (Wildman–Crippen MR) is 67.9 cm³/mol. The molecular formula is C13H13BrF2O. The molecule has 0 amide bonds. The fourth-order valence-corrected chi connectivity index (χ4v) is 1.98. The number of alkyl halides is 1. The number of allylic oxidation sites excluding steroid dienone is 2. The number of halogens is 3. The topological polar surface area (TPSA) is 17.1 Å². The Labute approximate surface area is 108 Å². The maximum absolute atomic E-state index is 14.0. The van der Waals surface area contributed by atoms with Gasteiger partial charge < -0.3 is 0 Å². The summed E-state index contributed by atoms with van der Waals surface area (Å²) in [6, 6.07) is 4.07. The maximum Gasteiger partial charge on any atom is 0.153 e. The lowest BCUT2D eigenvalue weighted by molar-refractivity contribution is -0.112. The van der Waals surface area contributed by atoms with E-state index in [9.17, 15) is 13.6 Å². The summed E-state index contributed by atoms with van der Waals surface area (Å²) in [6.45, 7) is 4.00. The number of benzene rings is 1. The molecule has 0 saturated heterocycles. The summed E-state index contributed by atoms with van der Waals surface area (Å²) in [5.41, 5.74) is -1.18. The number of carbonyl (C=O) groups is 1. The average Bonchev–Trinajstić information content (AvgIpc) is 2.10. The lowest BCUT2D eigenvalue weighted by atomic mass is 9.91. The molecule has 0 saturated carbocycles. The molecule has 0 heterocycles. The molecule has 0 spiro atoms. The van der Waals surface area contributed by atoms with Gasteiger partial charge in [0.25, 0.3) is 0 Å². The van der Waals surface area contributed by atoms with Crippen molar-refractivity contribution in [3.05, 3.63) is 40.1 Å². The van der Waals surface area contributed by atoms with E-state index in [4.69, 9.17) is 0 Å². The molecule has 1 aromatic carbocycles. The van der Waals surface area contributed by atoms with Crippen LogP contribution in [0.25, 0.3) is 5.57 Å². The van der Waals surface area contributed by atoms with E-state index in [0.717, 1.165) is 0 Å². The van der Waals surface area contributed by atoms with Gasteiger partial charge in [-0.25, -0.2) is 8.78 Å². The molecular weight excluding hydrogens is 290 g/mol. The molecule has 0 aliphatic rings. The van der Waals surface area contributed by atoms with E-state index < -0.39 is 11.5 Å². The van der Waals surface area contributed by atoms with Crippen LogP contribution in [-0.2, 0) is 4.79 Å². The van der Waals surface area contributed by atoms with Crippen molar-refractivity contribution in [1.82, 2.24) is 0 Å². The quantitative estimate of drug-likeness (QED) is 0.761. The number of rotatable bonds is 3. The van der Waals surface area contributed by atoms with Gasteiger partial charge in [0, 0.05) is 4.47 Å². The highest BCUT2D eigenvalue weighted by molar-refractivity contribution is 9.10. The lowest BCUT2D eigenvalue weighted by Gasteiger charge is -2.19. The Balaban J connectivity index is 3.38. The largest absolute Gasteiger partial charge is 0.295 e. The molecule has 1 nitrogen and oxygen atoms in total. The van der Waals surface area contributed by atoms with E-state index in [1.54, 1.807) is 6.07 Å². The van der Waals surface area contributed by atoms with E-state index >= 15 is 0 Å². The smallest absolute Gasteiger partial charge is 0.153 e. The third-order valence-corrected chi connectivity index (χ3v) is 2.62. The zero-order chi connectivity index (χ0) is 13.2. The number of hydrogen-bond donors (Lipinski definition) is 0.